The molecule has 3 aliphatic rings. The summed E-state index contributed by atoms with van der Waals surface area (Å²) >= 11 is 8.14. The van der Waals surface area contributed by atoms with Crippen LogP contribution in [0.1, 0.15) is 93.2 Å². The van der Waals surface area contributed by atoms with Gasteiger partial charge in [-0.1, -0.05) is 16.8 Å². The number of hydrogen-bond acceptors (Lipinski definition) is 10. The number of aromatic nitrogens is 5. The van der Waals surface area contributed by atoms with Gasteiger partial charge in [-0.2, -0.15) is 10.4 Å². The number of likely N-dealkylation sites (N-methyl/N-ethyl adjacent to an activating group) is 1. The van der Waals surface area contributed by atoms with E-state index in [2.05, 4.69) is 26.6 Å². The number of ether oxygens (including phenoxy) is 1. The zero-order chi connectivity index (χ0) is 32.5. The first-order valence-corrected chi connectivity index (χ1v) is 16.9. The third-order valence-corrected chi connectivity index (χ3v) is 11.0. The molecule has 4 atom stereocenters. The SMILES string of the molecule is C[C@@H]([C@@H]1C[C@@H](F)CN1C)n1ncc2c(Cl)nc(-c3noc4c3CCC[C@@]43CCCc4sc(NC(=O)OC(C)(C)C)c(C#N)c43)nc21. The monoisotopic (exact) mass is 666 g/mol. The summed E-state index contributed by atoms with van der Waals surface area (Å²) < 4.78 is 27.7. The molecule has 14 heteroatoms. The van der Waals surface area contributed by atoms with Gasteiger partial charge < -0.3 is 9.26 Å². The van der Waals surface area contributed by atoms with Gasteiger partial charge in [0.15, 0.2) is 22.9 Å². The van der Waals surface area contributed by atoms with Gasteiger partial charge in [0.05, 0.1) is 28.6 Å². The topological polar surface area (TPSA) is 135 Å². The Morgan fingerprint density at radius 2 is 2.07 bits per heavy atom. The number of amides is 1. The molecule has 0 radical (unpaired) electrons. The highest BCUT2D eigenvalue weighted by Gasteiger charge is 2.49. The Morgan fingerprint density at radius 3 is 2.76 bits per heavy atom. The second kappa shape index (κ2) is 11.3. The highest BCUT2D eigenvalue weighted by atomic mass is 35.5. The maximum Gasteiger partial charge on any atom is 0.412 e. The summed E-state index contributed by atoms with van der Waals surface area (Å²) in [6.07, 6.45) is 5.44. The van der Waals surface area contributed by atoms with Crippen LogP contribution in [0.25, 0.3) is 22.6 Å². The molecule has 1 spiro atoms. The predicted molar refractivity (Wildman–Crippen MR) is 172 cm³/mol. The number of likely N-dealkylation sites (tertiary alicyclic amines) is 1. The number of nitriles is 1. The molecular formula is C32H36ClFN8O3S. The number of hydrogen-bond donors (Lipinski definition) is 1. The normalized spacial score (nSPS) is 23.7. The van der Waals surface area contributed by atoms with Crippen LogP contribution in [0.5, 0.6) is 0 Å². The van der Waals surface area contributed by atoms with E-state index in [0.717, 1.165) is 53.9 Å². The van der Waals surface area contributed by atoms with E-state index in [1.165, 1.54) is 11.3 Å². The number of nitrogens with one attached hydrogen (secondary N) is 1. The third kappa shape index (κ3) is 5.05. The third-order valence-electron chi connectivity index (χ3n) is 9.56. The van der Waals surface area contributed by atoms with Crippen molar-refractivity contribution < 1.29 is 18.4 Å². The first-order valence-electron chi connectivity index (χ1n) is 15.7. The maximum absolute atomic E-state index is 14.2. The number of alkyl halides is 1. The van der Waals surface area contributed by atoms with Crippen LogP contribution < -0.4 is 5.32 Å². The minimum absolute atomic E-state index is 0.0369. The Balaban J connectivity index is 1.29. The van der Waals surface area contributed by atoms with Gasteiger partial charge >= 0.3 is 6.09 Å². The summed E-state index contributed by atoms with van der Waals surface area (Å²) in [5, 5.41) is 23.7. The highest BCUT2D eigenvalue weighted by Crippen LogP contribution is 2.55. The van der Waals surface area contributed by atoms with Crippen LogP contribution in [0.2, 0.25) is 5.15 Å². The summed E-state index contributed by atoms with van der Waals surface area (Å²) in [5.74, 6) is 1.06. The number of fused-ring (bicyclic) bond motifs is 5. The van der Waals surface area contributed by atoms with Crippen molar-refractivity contribution in [2.75, 3.05) is 18.9 Å². The lowest BCUT2D eigenvalue weighted by atomic mass is 9.63. The van der Waals surface area contributed by atoms with Gasteiger partial charge in [-0.15, -0.1) is 11.3 Å². The van der Waals surface area contributed by atoms with E-state index in [0.29, 0.717) is 52.5 Å². The molecule has 11 nitrogen and oxygen atoms in total. The van der Waals surface area contributed by atoms with Crippen LogP contribution in [0.15, 0.2) is 10.7 Å². The fraction of sp³-hybridized carbons (Fsp3) is 0.562. The Hall–Kier alpha value is -3.60. The minimum Gasteiger partial charge on any atom is -0.444 e. The number of carbonyl (C=O) groups is 1. The number of rotatable bonds is 4. The first kappa shape index (κ1) is 31.0. The molecule has 7 rings (SSSR count). The van der Waals surface area contributed by atoms with Crippen molar-refractivity contribution in [3.05, 3.63) is 38.7 Å². The summed E-state index contributed by atoms with van der Waals surface area (Å²) in [4.78, 5) is 25.3. The molecule has 0 bridgehead atoms. The van der Waals surface area contributed by atoms with Crippen LogP contribution in [-0.2, 0) is 23.0 Å². The van der Waals surface area contributed by atoms with Gasteiger partial charge in [0.2, 0.25) is 0 Å². The standard InChI is InChI=1S/C32H36ClFN8O3S/c1-16(21-12-17(34)15-41(21)5)42-28-20(14-36-42)26(33)37-27(38-28)24-18-8-6-10-32(25(18)45-40-24)11-7-9-22-23(32)19(13-35)29(46-22)39-30(43)44-31(2,3)4/h14,16-17,21H,6-12,15H2,1-5H3,(H,39,43)/t16-,17+,21-,32-/m0/s1. The summed E-state index contributed by atoms with van der Waals surface area (Å²) in [6.45, 7) is 7.81. The Bertz CT molecular complexity index is 1890. The lowest BCUT2D eigenvalue weighted by Gasteiger charge is -2.39. The lowest BCUT2D eigenvalue weighted by Crippen LogP contribution is -2.35. The second-order valence-corrected chi connectivity index (χ2v) is 15.2. The molecule has 1 fully saturated rings. The molecular weight excluding hydrogens is 631 g/mol. The number of thiophene rings is 1. The quantitative estimate of drug-likeness (QED) is 0.229. The van der Waals surface area contributed by atoms with E-state index < -0.39 is 23.3 Å². The van der Waals surface area contributed by atoms with E-state index in [-0.39, 0.29) is 17.2 Å². The van der Waals surface area contributed by atoms with Gasteiger partial charge in [-0.3, -0.25) is 10.2 Å². The number of carbonyl (C=O) groups excluding carboxylic acids is 1. The van der Waals surface area contributed by atoms with Gasteiger partial charge in [0.1, 0.15) is 28.0 Å². The zero-order valence-corrected chi connectivity index (χ0v) is 28.1. The molecule has 4 aromatic heterocycles. The van der Waals surface area contributed by atoms with E-state index in [1.54, 1.807) is 31.6 Å². The van der Waals surface area contributed by atoms with Crippen LogP contribution in [0.3, 0.4) is 0 Å². The Morgan fingerprint density at radius 1 is 1.30 bits per heavy atom. The van der Waals surface area contributed by atoms with Crippen molar-refractivity contribution in [1.29, 1.82) is 5.26 Å². The number of anilines is 1. The molecule has 5 heterocycles. The van der Waals surface area contributed by atoms with E-state index in [9.17, 15) is 14.4 Å². The van der Waals surface area contributed by atoms with Crippen LogP contribution >= 0.6 is 22.9 Å². The fourth-order valence-electron chi connectivity index (χ4n) is 7.67. The molecule has 0 aromatic carbocycles. The largest absolute Gasteiger partial charge is 0.444 e. The molecule has 0 saturated carbocycles. The molecule has 1 amide bonds. The average molecular weight is 667 g/mol. The molecule has 2 aliphatic carbocycles. The van der Waals surface area contributed by atoms with Gasteiger partial charge in [-0.25, -0.2) is 23.8 Å². The molecule has 46 heavy (non-hydrogen) atoms. The lowest BCUT2D eigenvalue weighted by molar-refractivity contribution is 0.0636. The van der Waals surface area contributed by atoms with Crippen LogP contribution in [0, 0.1) is 11.3 Å². The van der Waals surface area contributed by atoms with Gasteiger partial charge in [-0.05, 0) is 85.3 Å². The molecule has 1 aliphatic heterocycles. The fourth-order valence-corrected chi connectivity index (χ4v) is 9.16. The van der Waals surface area contributed by atoms with E-state index >= 15 is 0 Å². The Kier molecular flexibility index (Phi) is 7.61. The molecule has 1 N–H and O–H groups in total. The van der Waals surface area contributed by atoms with Crippen molar-refractivity contribution in [1.82, 2.24) is 29.8 Å². The van der Waals surface area contributed by atoms with Crippen molar-refractivity contribution in [3.8, 4) is 17.6 Å². The summed E-state index contributed by atoms with van der Waals surface area (Å²) in [7, 11) is 1.93. The number of aryl methyl sites for hydroxylation is 1. The second-order valence-electron chi connectivity index (χ2n) is 13.7. The van der Waals surface area contributed by atoms with Crippen LogP contribution in [-0.4, -0.2) is 67.3 Å². The highest BCUT2D eigenvalue weighted by molar-refractivity contribution is 7.16. The van der Waals surface area contributed by atoms with Gasteiger partial charge in [0, 0.05) is 23.0 Å². The van der Waals surface area contributed by atoms with E-state index in [4.69, 9.17) is 25.8 Å². The average Bonchev–Trinajstić information content (AvgIpc) is 3.76. The molecule has 1 saturated heterocycles. The molecule has 4 aromatic rings. The smallest absolute Gasteiger partial charge is 0.412 e. The van der Waals surface area contributed by atoms with Crippen LogP contribution in [0.4, 0.5) is 14.2 Å². The first-order chi connectivity index (χ1) is 21.9. The predicted octanol–water partition coefficient (Wildman–Crippen LogP) is 6.98. The minimum atomic E-state index is -0.878. The van der Waals surface area contributed by atoms with Crippen molar-refractivity contribution >= 4 is 45.1 Å². The molecule has 242 valence electrons. The van der Waals surface area contributed by atoms with Crippen molar-refractivity contribution in [2.45, 2.75) is 102 Å². The summed E-state index contributed by atoms with van der Waals surface area (Å²) in [6, 6.07) is 2.20. The van der Waals surface area contributed by atoms with E-state index in [1.807, 2.05) is 18.9 Å². The molecule has 0 unspecified atom stereocenters. The number of nitrogens with zero attached hydrogens (tertiary/aromatic N) is 7. The maximum atomic E-state index is 14.2. The summed E-state index contributed by atoms with van der Waals surface area (Å²) in [5.41, 5.74) is 2.10. The van der Waals surface area contributed by atoms with Crippen molar-refractivity contribution in [2.24, 2.45) is 0 Å². The zero-order valence-electron chi connectivity index (χ0n) is 26.5. The van der Waals surface area contributed by atoms with Crippen molar-refractivity contribution in [3.63, 3.8) is 0 Å². The number of halogens is 2. The Labute approximate surface area is 275 Å². The van der Waals surface area contributed by atoms with Gasteiger partial charge in [0.25, 0.3) is 0 Å².